The predicted octanol–water partition coefficient (Wildman–Crippen LogP) is 0.381. The third-order valence-electron chi connectivity index (χ3n) is 1.98. The Kier molecular flexibility index (Phi) is 5.21. The van der Waals surface area contributed by atoms with Gasteiger partial charge in [0, 0.05) is 0 Å². The second-order valence-corrected chi connectivity index (χ2v) is 4.15. The highest BCUT2D eigenvalue weighted by molar-refractivity contribution is 4.66. The summed E-state index contributed by atoms with van der Waals surface area (Å²) in [6, 6.07) is 0. The van der Waals surface area contributed by atoms with Gasteiger partial charge in [0.25, 0.3) is 0 Å². The van der Waals surface area contributed by atoms with E-state index in [4.69, 9.17) is 0 Å². The first kappa shape index (κ1) is 12.6. The summed E-state index contributed by atoms with van der Waals surface area (Å²) in [5, 5.41) is 18.6. The van der Waals surface area contributed by atoms with Gasteiger partial charge < -0.3 is 14.7 Å². The monoisotopic (exact) mass is 188 g/mol. The summed E-state index contributed by atoms with van der Waals surface area (Å²) in [6.45, 7) is 9.29. The summed E-state index contributed by atoms with van der Waals surface area (Å²) < 4.78 is 0.638. The van der Waals surface area contributed by atoms with Crippen molar-refractivity contribution in [2.24, 2.45) is 0 Å². The van der Waals surface area contributed by atoms with Crippen molar-refractivity contribution in [3.63, 3.8) is 0 Å². The molecular weight excluding hydrogens is 166 g/mol. The Bertz CT molecular complexity index is 145. The zero-order valence-corrected chi connectivity index (χ0v) is 8.90. The van der Waals surface area contributed by atoms with Crippen LogP contribution in [0, 0.1) is 0 Å². The summed E-state index contributed by atoms with van der Waals surface area (Å²) >= 11 is 0. The van der Waals surface area contributed by atoms with Crippen LogP contribution < -0.4 is 0 Å². The maximum Gasteiger partial charge on any atom is 0.105 e. The van der Waals surface area contributed by atoms with Gasteiger partial charge in [-0.2, -0.15) is 0 Å². The average molecular weight is 188 g/mol. The van der Waals surface area contributed by atoms with Crippen LogP contribution in [0.1, 0.15) is 13.8 Å². The minimum absolute atomic E-state index is 0.344. The van der Waals surface area contributed by atoms with Crippen LogP contribution in [0.25, 0.3) is 0 Å². The van der Waals surface area contributed by atoms with E-state index < -0.39 is 0 Å². The number of quaternary nitrogens is 1. The van der Waals surface area contributed by atoms with Gasteiger partial charge in [-0.05, 0) is 19.9 Å². The topological polar surface area (TPSA) is 40.5 Å². The quantitative estimate of drug-likeness (QED) is 0.467. The lowest BCUT2D eigenvalue weighted by Gasteiger charge is -2.35. The molecule has 0 amide bonds. The minimum Gasteiger partial charge on any atom is -0.388 e. The van der Waals surface area contributed by atoms with Crippen LogP contribution in [0.3, 0.4) is 0 Å². The Morgan fingerprint density at radius 3 is 1.85 bits per heavy atom. The van der Waals surface area contributed by atoms with Crippen molar-refractivity contribution in [3.05, 3.63) is 12.7 Å². The molecule has 3 heteroatoms. The lowest BCUT2D eigenvalue weighted by molar-refractivity contribution is -0.909. The zero-order valence-electron chi connectivity index (χ0n) is 8.90. The Morgan fingerprint density at radius 2 is 1.62 bits per heavy atom. The average Bonchev–Trinajstić information content (AvgIpc) is 1.81. The second kappa shape index (κ2) is 5.37. The van der Waals surface area contributed by atoms with Crippen molar-refractivity contribution in [3.8, 4) is 0 Å². The third-order valence-corrected chi connectivity index (χ3v) is 1.98. The first-order valence-electron chi connectivity index (χ1n) is 4.70. The fourth-order valence-corrected chi connectivity index (χ4v) is 1.81. The van der Waals surface area contributed by atoms with Crippen LogP contribution in [0.4, 0.5) is 0 Å². The number of rotatable bonds is 6. The number of nitrogens with zero attached hydrogens (tertiary/aromatic N) is 1. The maximum atomic E-state index is 9.30. The predicted molar refractivity (Wildman–Crippen MR) is 54.3 cm³/mol. The third kappa shape index (κ3) is 5.80. The smallest absolute Gasteiger partial charge is 0.105 e. The lowest BCUT2D eigenvalue weighted by Crippen LogP contribution is -2.51. The van der Waals surface area contributed by atoms with Crippen LogP contribution in [-0.2, 0) is 0 Å². The molecule has 0 aliphatic carbocycles. The normalized spacial score (nSPS) is 20.4. The molecule has 0 aromatic heterocycles. The summed E-state index contributed by atoms with van der Waals surface area (Å²) in [7, 11) is 2.02. The Morgan fingerprint density at radius 1 is 1.23 bits per heavy atom. The van der Waals surface area contributed by atoms with Gasteiger partial charge in [-0.3, -0.25) is 0 Å². The molecule has 0 heterocycles. The lowest BCUT2D eigenvalue weighted by atomic mass is 10.2. The summed E-state index contributed by atoms with van der Waals surface area (Å²) in [5.74, 6) is 0. The zero-order chi connectivity index (χ0) is 10.5. The molecular formula is C10H22NO2+. The Labute approximate surface area is 80.9 Å². The molecule has 3 nitrogen and oxygen atoms in total. The molecule has 0 saturated carbocycles. The molecule has 2 atom stereocenters. The highest BCUT2D eigenvalue weighted by atomic mass is 16.3. The molecule has 13 heavy (non-hydrogen) atoms. The van der Waals surface area contributed by atoms with Crippen molar-refractivity contribution in [1.82, 2.24) is 0 Å². The van der Waals surface area contributed by atoms with Crippen LogP contribution in [0.15, 0.2) is 12.7 Å². The molecule has 0 bridgehead atoms. The first-order valence-corrected chi connectivity index (χ1v) is 4.70. The van der Waals surface area contributed by atoms with Crippen molar-refractivity contribution in [2.75, 3.05) is 26.7 Å². The van der Waals surface area contributed by atoms with E-state index in [1.54, 1.807) is 13.8 Å². The molecule has 0 saturated heterocycles. The standard InChI is InChI=1S/C10H22NO2/c1-5-6-11(4,7-9(2)12)8-10(3)13/h5,9-10,12-13H,1,6-8H2,2-4H3/q+1. The van der Waals surface area contributed by atoms with Gasteiger partial charge in [0.1, 0.15) is 25.3 Å². The van der Waals surface area contributed by atoms with Crippen LogP contribution >= 0.6 is 0 Å². The van der Waals surface area contributed by atoms with Gasteiger partial charge >= 0.3 is 0 Å². The highest BCUT2D eigenvalue weighted by Crippen LogP contribution is 2.06. The summed E-state index contributed by atoms with van der Waals surface area (Å²) in [6.07, 6.45) is 1.14. The minimum atomic E-state index is -0.344. The SMILES string of the molecule is C=CC[N+](C)(CC(C)O)CC(C)O. The molecule has 0 aliphatic heterocycles. The van der Waals surface area contributed by atoms with Crippen LogP contribution in [0.5, 0.6) is 0 Å². The molecule has 78 valence electrons. The van der Waals surface area contributed by atoms with Gasteiger partial charge in [-0.15, -0.1) is 0 Å². The molecule has 0 aromatic rings. The molecule has 0 aliphatic rings. The number of aliphatic hydroxyl groups is 2. The van der Waals surface area contributed by atoms with Crippen LogP contribution in [0.2, 0.25) is 0 Å². The molecule has 2 N–H and O–H groups in total. The van der Waals surface area contributed by atoms with Crippen molar-refractivity contribution in [1.29, 1.82) is 0 Å². The maximum absolute atomic E-state index is 9.30. The van der Waals surface area contributed by atoms with Crippen LogP contribution in [-0.4, -0.2) is 53.6 Å². The van der Waals surface area contributed by atoms with E-state index in [1.807, 2.05) is 13.1 Å². The number of hydrogen-bond donors (Lipinski definition) is 2. The molecule has 0 rings (SSSR count). The molecule has 0 aromatic carbocycles. The number of hydrogen-bond acceptors (Lipinski definition) is 2. The van der Waals surface area contributed by atoms with Crippen molar-refractivity contribution >= 4 is 0 Å². The van der Waals surface area contributed by atoms with Gasteiger partial charge in [0.15, 0.2) is 0 Å². The van der Waals surface area contributed by atoms with Gasteiger partial charge in [0.2, 0.25) is 0 Å². The molecule has 0 fully saturated rings. The molecule has 0 radical (unpaired) electrons. The number of aliphatic hydroxyl groups excluding tert-OH is 2. The Balaban J connectivity index is 4.23. The van der Waals surface area contributed by atoms with E-state index in [9.17, 15) is 10.2 Å². The van der Waals surface area contributed by atoms with E-state index in [1.165, 1.54) is 0 Å². The number of likely N-dealkylation sites (N-methyl/N-ethyl adjacent to an activating group) is 1. The fourth-order valence-electron chi connectivity index (χ4n) is 1.81. The fraction of sp³-hybridized carbons (Fsp3) is 0.800. The summed E-state index contributed by atoms with van der Waals surface area (Å²) in [5.41, 5.74) is 0. The summed E-state index contributed by atoms with van der Waals surface area (Å²) in [4.78, 5) is 0. The highest BCUT2D eigenvalue weighted by Gasteiger charge is 2.23. The van der Waals surface area contributed by atoms with Crippen molar-refractivity contribution in [2.45, 2.75) is 26.1 Å². The van der Waals surface area contributed by atoms with Gasteiger partial charge in [-0.25, -0.2) is 0 Å². The Hall–Kier alpha value is -0.380. The molecule has 2 unspecified atom stereocenters. The van der Waals surface area contributed by atoms with E-state index >= 15 is 0 Å². The van der Waals surface area contributed by atoms with E-state index in [0.717, 1.165) is 6.54 Å². The second-order valence-electron chi connectivity index (χ2n) is 4.15. The van der Waals surface area contributed by atoms with Crippen molar-refractivity contribution < 1.29 is 14.7 Å². The molecule has 0 spiro atoms. The van der Waals surface area contributed by atoms with E-state index in [0.29, 0.717) is 17.6 Å². The first-order chi connectivity index (χ1) is 5.89. The van der Waals surface area contributed by atoms with E-state index in [-0.39, 0.29) is 12.2 Å². The van der Waals surface area contributed by atoms with Gasteiger partial charge in [0.05, 0.1) is 13.6 Å². The van der Waals surface area contributed by atoms with E-state index in [2.05, 4.69) is 6.58 Å². The largest absolute Gasteiger partial charge is 0.388 e. The van der Waals surface area contributed by atoms with Gasteiger partial charge in [-0.1, -0.05) is 6.58 Å².